The monoisotopic (exact) mass is 343 g/mol. The Kier molecular flexibility index (Phi) is 3.92. The van der Waals surface area contributed by atoms with Crippen molar-refractivity contribution in [2.45, 2.75) is 19.6 Å². The van der Waals surface area contributed by atoms with E-state index in [9.17, 15) is 10.5 Å². The van der Waals surface area contributed by atoms with Gasteiger partial charge in [0.05, 0.1) is 29.5 Å². The fourth-order valence-electron chi connectivity index (χ4n) is 2.96. The van der Waals surface area contributed by atoms with Gasteiger partial charge in [-0.15, -0.1) is 0 Å². The summed E-state index contributed by atoms with van der Waals surface area (Å²) in [5.41, 5.74) is 9.56. The van der Waals surface area contributed by atoms with E-state index in [0.717, 1.165) is 11.1 Å². The summed E-state index contributed by atoms with van der Waals surface area (Å²) >= 11 is 12.3. The number of rotatable bonds is 1. The SMILES string of the molecule is CC1OCc2c(-c3ccc(Cl)cc3Cl)c(C#N)c(N)c(C#N)c21. The van der Waals surface area contributed by atoms with Gasteiger partial charge in [0.15, 0.2) is 0 Å². The topological polar surface area (TPSA) is 82.8 Å². The van der Waals surface area contributed by atoms with Crippen LogP contribution >= 0.6 is 23.2 Å². The van der Waals surface area contributed by atoms with Crippen molar-refractivity contribution in [3.8, 4) is 23.3 Å². The van der Waals surface area contributed by atoms with Crippen LogP contribution < -0.4 is 5.73 Å². The van der Waals surface area contributed by atoms with Crippen molar-refractivity contribution >= 4 is 28.9 Å². The van der Waals surface area contributed by atoms with Crippen molar-refractivity contribution in [3.63, 3.8) is 0 Å². The van der Waals surface area contributed by atoms with E-state index >= 15 is 0 Å². The molecule has 0 aliphatic carbocycles. The molecule has 1 aliphatic rings. The van der Waals surface area contributed by atoms with Gasteiger partial charge in [-0.05, 0) is 24.6 Å². The third kappa shape index (κ3) is 2.33. The predicted octanol–water partition coefficient (Wildman–Crippen LogP) is 4.58. The summed E-state index contributed by atoms with van der Waals surface area (Å²) in [4.78, 5) is 0. The van der Waals surface area contributed by atoms with Gasteiger partial charge in [-0.2, -0.15) is 10.5 Å². The van der Waals surface area contributed by atoms with Crippen molar-refractivity contribution in [3.05, 3.63) is 50.5 Å². The maximum Gasteiger partial charge on any atom is 0.102 e. The van der Waals surface area contributed by atoms with Crippen LogP contribution in [0.1, 0.15) is 35.3 Å². The van der Waals surface area contributed by atoms with Gasteiger partial charge in [0.1, 0.15) is 12.1 Å². The molecule has 0 aromatic heterocycles. The number of nitrogens with two attached hydrogens (primary N) is 1. The number of hydrogen-bond donors (Lipinski definition) is 1. The zero-order valence-corrected chi connectivity index (χ0v) is 13.7. The highest BCUT2D eigenvalue weighted by atomic mass is 35.5. The maximum atomic E-state index is 9.57. The average molecular weight is 344 g/mol. The highest BCUT2D eigenvalue weighted by molar-refractivity contribution is 6.36. The van der Waals surface area contributed by atoms with Gasteiger partial charge in [-0.3, -0.25) is 0 Å². The first-order chi connectivity index (χ1) is 11.0. The van der Waals surface area contributed by atoms with Crippen LogP contribution in [-0.4, -0.2) is 0 Å². The normalized spacial score (nSPS) is 15.8. The molecule has 2 aromatic carbocycles. The molecule has 1 atom stereocenters. The van der Waals surface area contributed by atoms with Gasteiger partial charge >= 0.3 is 0 Å². The van der Waals surface area contributed by atoms with Gasteiger partial charge in [0, 0.05) is 26.7 Å². The zero-order chi connectivity index (χ0) is 16.7. The summed E-state index contributed by atoms with van der Waals surface area (Å²) in [7, 11) is 0. The largest absolute Gasteiger partial charge is 0.397 e. The molecule has 23 heavy (non-hydrogen) atoms. The minimum Gasteiger partial charge on any atom is -0.397 e. The van der Waals surface area contributed by atoms with Crippen molar-refractivity contribution in [2.75, 3.05) is 5.73 Å². The smallest absolute Gasteiger partial charge is 0.102 e. The van der Waals surface area contributed by atoms with Crippen molar-refractivity contribution in [1.29, 1.82) is 10.5 Å². The summed E-state index contributed by atoms with van der Waals surface area (Å²) in [5, 5.41) is 19.9. The summed E-state index contributed by atoms with van der Waals surface area (Å²) in [6.07, 6.45) is -0.264. The fraction of sp³-hybridized carbons (Fsp3) is 0.176. The third-order valence-electron chi connectivity index (χ3n) is 3.99. The second kappa shape index (κ2) is 5.76. The highest BCUT2D eigenvalue weighted by Gasteiger charge is 2.31. The molecule has 0 saturated carbocycles. The number of nitrogens with zero attached hydrogens (tertiary/aromatic N) is 2. The summed E-state index contributed by atoms with van der Waals surface area (Å²) < 4.78 is 5.66. The summed E-state index contributed by atoms with van der Waals surface area (Å²) in [5.74, 6) is 0. The summed E-state index contributed by atoms with van der Waals surface area (Å²) in [6, 6.07) is 9.25. The van der Waals surface area contributed by atoms with E-state index in [0.29, 0.717) is 33.3 Å². The Morgan fingerprint density at radius 1 is 1.22 bits per heavy atom. The van der Waals surface area contributed by atoms with Crippen LogP contribution in [0.5, 0.6) is 0 Å². The minimum atomic E-state index is -0.264. The van der Waals surface area contributed by atoms with E-state index in [1.807, 2.05) is 6.92 Å². The molecule has 2 aromatic rings. The molecule has 0 amide bonds. The van der Waals surface area contributed by atoms with E-state index < -0.39 is 0 Å². The predicted molar refractivity (Wildman–Crippen MR) is 88.9 cm³/mol. The molecule has 0 bridgehead atoms. The van der Waals surface area contributed by atoms with Gasteiger partial charge in [0.25, 0.3) is 0 Å². The lowest BCUT2D eigenvalue weighted by Gasteiger charge is -2.16. The van der Waals surface area contributed by atoms with E-state index in [1.54, 1.807) is 18.2 Å². The Labute approximate surface area is 143 Å². The number of ether oxygens (including phenoxy) is 1. The molecule has 0 spiro atoms. The fourth-order valence-corrected chi connectivity index (χ4v) is 3.46. The molecule has 0 fully saturated rings. The number of nitriles is 2. The van der Waals surface area contributed by atoms with Gasteiger partial charge < -0.3 is 10.5 Å². The standard InChI is InChI=1S/C17H11Cl2N3O/c1-8-15-11(5-20)17(22)12(6-21)16(13(15)7-23-8)10-3-2-9(18)4-14(10)19/h2-4,8H,7,22H2,1H3. The van der Waals surface area contributed by atoms with Crippen molar-refractivity contribution < 1.29 is 4.74 Å². The van der Waals surface area contributed by atoms with E-state index in [1.165, 1.54) is 0 Å². The molecule has 6 heteroatoms. The van der Waals surface area contributed by atoms with Crippen LogP contribution in [0, 0.1) is 22.7 Å². The van der Waals surface area contributed by atoms with E-state index in [4.69, 9.17) is 33.7 Å². The third-order valence-corrected chi connectivity index (χ3v) is 4.54. The van der Waals surface area contributed by atoms with Crippen LogP contribution in [0.15, 0.2) is 18.2 Å². The lowest BCUT2D eigenvalue weighted by atomic mass is 9.86. The first kappa shape index (κ1) is 15.6. The Morgan fingerprint density at radius 3 is 2.52 bits per heavy atom. The lowest BCUT2D eigenvalue weighted by molar-refractivity contribution is 0.0796. The molecule has 1 unspecified atom stereocenters. The van der Waals surface area contributed by atoms with E-state index in [-0.39, 0.29) is 17.4 Å². The Morgan fingerprint density at radius 2 is 1.91 bits per heavy atom. The van der Waals surface area contributed by atoms with Gasteiger partial charge in [-0.1, -0.05) is 29.3 Å². The zero-order valence-electron chi connectivity index (χ0n) is 12.2. The minimum absolute atomic E-state index is 0.159. The quantitative estimate of drug-likeness (QED) is 0.768. The summed E-state index contributed by atoms with van der Waals surface area (Å²) in [6.45, 7) is 2.15. The van der Waals surface area contributed by atoms with Gasteiger partial charge in [-0.25, -0.2) is 0 Å². The van der Waals surface area contributed by atoms with Crippen molar-refractivity contribution in [2.24, 2.45) is 0 Å². The molecule has 114 valence electrons. The number of anilines is 1. The van der Waals surface area contributed by atoms with Crippen molar-refractivity contribution in [1.82, 2.24) is 0 Å². The molecule has 2 N–H and O–H groups in total. The number of benzene rings is 2. The second-order valence-corrected chi connectivity index (χ2v) is 6.08. The first-order valence-electron chi connectivity index (χ1n) is 6.85. The van der Waals surface area contributed by atoms with Gasteiger partial charge in [0.2, 0.25) is 0 Å². The first-order valence-corrected chi connectivity index (χ1v) is 7.60. The molecule has 3 rings (SSSR count). The molecule has 0 radical (unpaired) electrons. The Bertz CT molecular complexity index is 910. The number of nitrogen functional groups attached to an aromatic ring is 1. The maximum absolute atomic E-state index is 9.57. The van der Waals surface area contributed by atoms with E-state index in [2.05, 4.69) is 12.1 Å². The van der Waals surface area contributed by atoms with Crippen LogP contribution in [-0.2, 0) is 11.3 Å². The number of fused-ring (bicyclic) bond motifs is 1. The molecular formula is C17H11Cl2N3O. The highest BCUT2D eigenvalue weighted by Crippen LogP contribution is 2.46. The van der Waals surface area contributed by atoms with Crippen LogP contribution in [0.3, 0.4) is 0 Å². The Hall–Kier alpha value is -2.24. The second-order valence-electron chi connectivity index (χ2n) is 5.23. The Balaban J connectivity index is 2.45. The number of halogens is 2. The molecular weight excluding hydrogens is 333 g/mol. The molecule has 1 aliphatic heterocycles. The molecule has 1 heterocycles. The van der Waals surface area contributed by atoms with Crippen LogP contribution in [0.2, 0.25) is 10.0 Å². The number of hydrogen-bond acceptors (Lipinski definition) is 4. The van der Waals surface area contributed by atoms with Crippen LogP contribution in [0.4, 0.5) is 5.69 Å². The van der Waals surface area contributed by atoms with Crippen LogP contribution in [0.25, 0.3) is 11.1 Å². The molecule has 4 nitrogen and oxygen atoms in total. The average Bonchev–Trinajstić information content (AvgIpc) is 2.89. The lowest BCUT2D eigenvalue weighted by Crippen LogP contribution is -2.05. The molecule has 0 saturated heterocycles.